The quantitative estimate of drug-likeness (QED) is 0.0246. The number of likely N-dealkylation sites (N-methyl/N-ethyl adjacent to an activating group) is 1. The van der Waals surface area contributed by atoms with Gasteiger partial charge in [0.1, 0.15) is 22.2 Å². The number of azo groups is 2. The third kappa shape index (κ3) is 9.47. The molecule has 4 rings (SSSR count). The maximum atomic E-state index is 11.0. The van der Waals surface area contributed by atoms with E-state index in [1.807, 2.05) is 31.2 Å². The van der Waals surface area contributed by atoms with Crippen LogP contribution in [0.2, 0.25) is 0 Å². The Hall–Kier alpha value is -4.57. The summed E-state index contributed by atoms with van der Waals surface area (Å²) in [6.07, 6.45) is 0.931. The molecule has 13 nitrogen and oxygen atoms in total. The standard InChI is InChI=1S/C28H28N6O7S2/c1-5-26(36)40-41-39-17-38-22-10-7-20(8-11-22)30-32-25-16-24-27(43-25)29-28(42-24)33-31-23-12-9-21(15-18(23)3)34(6-2)13-14-37-19(4)35/h5,7-12,15-16H,1,6,13-14,17H2,2-4H3. The van der Waals surface area contributed by atoms with Crippen LogP contribution in [0.5, 0.6) is 5.75 Å². The number of thiophene rings is 1. The molecule has 224 valence electrons. The number of rotatable bonds is 15. The van der Waals surface area contributed by atoms with Crippen molar-refractivity contribution in [2.45, 2.75) is 20.8 Å². The minimum atomic E-state index is -0.787. The minimum absolute atomic E-state index is 0.285. The maximum Gasteiger partial charge on any atom is 0.368 e. The van der Waals surface area contributed by atoms with Crippen LogP contribution in [0.1, 0.15) is 19.4 Å². The fraction of sp³-hybridized carbons (Fsp3) is 0.250. The minimum Gasteiger partial charge on any atom is -0.464 e. The summed E-state index contributed by atoms with van der Waals surface area (Å²) >= 11 is 2.82. The summed E-state index contributed by atoms with van der Waals surface area (Å²) in [7, 11) is 0. The number of carbonyl (C=O) groups excluding carboxylic acids is 2. The molecule has 43 heavy (non-hydrogen) atoms. The third-order valence-corrected chi connectivity index (χ3v) is 7.54. The number of hydrogen-bond acceptors (Lipinski definition) is 15. The number of esters is 1. The van der Waals surface area contributed by atoms with Gasteiger partial charge in [-0.3, -0.25) is 9.68 Å². The second-order valence-electron chi connectivity index (χ2n) is 8.59. The Balaban J connectivity index is 1.30. The maximum absolute atomic E-state index is 11.0. The van der Waals surface area contributed by atoms with Crippen molar-refractivity contribution in [3.05, 3.63) is 66.7 Å². The Bertz CT molecular complexity index is 1590. The first-order valence-electron chi connectivity index (χ1n) is 12.9. The van der Waals surface area contributed by atoms with Crippen LogP contribution in [0.4, 0.5) is 27.2 Å². The SMILES string of the molecule is C=CC(=O)OOOCOc1ccc(N=Nc2cc3sc(N=Nc4ccc(N(CC)CCOC(C)=O)cc4C)nc3s2)cc1. The molecule has 15 heteroatoms. The van der Waals surface area contributed by atoms with Gasteiger partial charge in [0.05, 0.1) is 22.6 Å². The monoisotopic (exact) mass is 624 g/mol. The lowest BCUT2D eigenvalue weighted by Gasteiger charge is -2.23. The zero-order valence-electron chi connectivity index (χ0n) is 23.6. The number of hydrogen-bond donors (Lipinski definition) is 0. The summed E-state index contributed by atoms with van der Waals surface area (Å²) in [6, 6.07) is 14.7. The smallest absolute Gasteiger partial charge is 0.368 e. The first kappa shape index (κ1) is 31.4. The molecular formula is C28H28N6O7S2. The molecule has 0 N–H and O–H groups in total. The normalized spacial score (nSPS) is 11.3. The lowest BCUT2D eigenvalue weighted by molar-refractivity contribution is -0.497. The van der Waals surface area contributed by atoms with E-state index in [0.29, 0.717) is 34.7 Å². The molecule has 0 radical (unpaired) electrons. The van der Waals surface area contributed by atoms with Crippen molar-refractivity contribution in [3.8, 4) is 5.75 Å². The number of ether oxygens (including phenoxy) is 2. The van der Waals surface area contributed by atoms with Crippen molar-refractivity contribution in [2.24, 2.45) is 20.5 Å². The predicted molar refractivity (Wildman–Crippen MR) is 162 cm³/mol. The van der Waals surface area contributed by atoms with Gasteiger partial charge in [-0.05, 0) is 73.0 Å². The van der Waals surface area contributed by atoms with Crippen LogP contribution >= 0.6 is 22.7 Å². The van der Waals surface area contributed by atoms with Gasteiger partial charge >= 0.3 is 11.9 Å². The van der Waals surface area contributed by atoms with Gasteiger partial charge in [0.15, 0.2) is 0 Å². The number of fused-ring (bicyclic) bond motifs is 1. The highest BCUT2D eigenvalue weighted by Gasteiger charge is 2.10. The van der Waals surface area contributed by atoms with Gasteiger partial charge in [0.25, 0.3) is 0 Å². The molecule has 0 amide bonds. The van der Waals surface area contributed by atoms with E-state index in [0.717, 1.165) is 39.1 Å². The van der Waals surface area contributed by atoms with E-state index in [1.165, 1.54) is 29.6 Å². The zero-order valence-corrected chi connectivity index (χ0v) is 25.2. The summed E-state index contributed by atoms with van der Waals surface area (Å²) in [6.45, 7) is 10.1. The Labute approximate surface area is 254 Å². The molecule has 0 saturated carbocycles. The average molecular weight is 625 g/mol. The average Bonchev–Trinajstić information content (AvgIpc) is 3.56. The van der Waals surface area contributed by atoms with Crippen molar-refractivity contribution in [1.82, 2.24) is 4.98 Å². The fourth-order valence-electron chi connectivity index (χ4n) is 3.54. The molecule has 0 atom stereocenters. The third-order valence-electron chi connectivity index (χ3n) is 5.61. The first-order chi connectivity index (χ1) is 20.8. The van der Waals surface area contributed by atoms with Crippen LogP contribution in [-0.4, -0.2) is 43.4 Å². The van der Waals surface area contributed by atoms with Gasteiger partial charge < -0.3 is 14.4 Å². The van der Waals surface area contributed by atoms with Crippen LogP contribution in [-0.2, 0) is 29.1 Å². The van der Waals surface area contributed by atoms with Crippen molar-refractivity contribution >= 4 is 71.3 Å². The number of carbonyl (C=O) groups is 2. The highest BCUT2D eigenvalue weighted by Crippen LogP contribution is 2.39. The summed E-state index contributed by atoms with van der Waals surface area (Å²) in [4.78, 5) is 38.1. The van der Waals surface area contributed by atoms with Crippen molar-refractivity contribution in [3.63, 3.8) is 0 Å². The Morgan fingerprint density at radius 2 is 1.86 bits per heavy atom. The predicted octanol–water partition coefficient (Wildman–Crippen LogP) is 7.82. The van der Waals surface area contributed by atoms with Gasteiger partial charge in [-0.15, -0.1) is 20.5 Å². The molecule has 4 aromatic rings. The first-order valence-corrected chi connectivity index (χ1v) is 14.6. The van der Waals surface area contributed by atoms with Crippen LogP contribution in [0, 0.1) is 6.92 Å². The lowest BCUT2D eigenvalue weighted by atomic mass is 10.1. The van der Waals surface area contributed by atoms with E-state index in [2.05, 4.69) is 58.7 Å². The molecule has 2 heterocycles. The Kier molecular flexibility index (Phi) is 11.4. The van der Waals surface area contributed by atoms with Gasteiger partial charge in [0.2, 0.25) is 11.9 Å². The van der Waals surface area contributed by atoms with E-state index in [1.54, 1.807) is 24.3 Å². The van der Waals surface area contributed by atoms with Gasteiger partial charge in [-0.2, -0.15) is 4.89 Å². The van der Waals surface area contributed by atoms with E-state index in [-0.39, 0.29) is 12.8 Å². The van der Waals surface area contributed by atoms with Gasteiger partial charge in [0, 0.05) is 25.2 Å². The summed E-state index contributed by atoms with van der Waals surface area (Å²) in [5, 5.41) is 22.8. The summed E-state index contributed by atoms with van der Waals surface area (Å²) in [5.74, 6) is -0.580. The number of aromatic nitrogens is 1. The van der Waals surface area contributed by atoms with Crippen LogP contribution in [0.25, 0.3) is 9.53 Å². The van der Waals surface area contributed by atoms with E-state index < -0.39 is 5.97 Å². The molecule has 0 aliphatic heterocycles. The topological polar surface area (TPSA) is 146 Å². The largest absolute Gasteiger partial charge is 0.464 e. The number of nitrogens with zero attached hydrogens (tertiary/aromatic N) is 6. The highest BCUT2D eigenvalue weighted by molar-refractivity contribution is 7.30. The van der Waals surface area contributed by atoms with Crippen LogP contribution in [0.15, 0.2) is 81.6 Å². The van der Waals surface area contributed by atoms with E-state index in [9.17, 15) is 9.59 Å². The fourth-order valence-corrected chi connectivity index (χ4v) is 5.39. The molecule has 0 aliphatic rings. The van der Waals surface area contributed by atoms with E-state index in [4.69, 9.17) is 9.47 Å². The van der Waals surface area contributed by atoms with Gasteiger partial charge in [-0.25, -0.2) is 9.78 Å². The van der Waals surface area contributed by atoms with Gasteiger partial charge in [-0.1, -0.05) is 29.3 Å². The highest BCUT2D eigenvalue weighted by atomic mass is 32.1. The number of thiazole rings is 1. The van der Waals surface area contributed by atoms with Crippen molar-refractivity contribution < 1.29 is 33.9 Å². The summed E-state index contributed by atoms with van der Waals surface area (Å²) < 4.78 is 11.3. The molecule has 0 bridgehead atoms. The zero-order chi connectivity index (χ0) is 30.6. The molecule has 2 aromatic carbocycles. The Morgan fingerprint density at radius 3 is 2.56 bits per heavy atom. The second kappa shape index (κ2) is 15.6. The molecule has 0 saturated heterocycles. The van der Waals surface area contributed by atoms with Crippen LogP contribution in [0.3, 0.4) is 0 Å². The second-order valence-corrected chi connectivity index (χ2v) is 10.6. The number of aryl methyl sites for hydroxylation is 1. The molecule has 2 aromatic heterocycles. The Morgan fingerprint density at radius 1 is 1.05 bits per heavy atom. The van der Waals surface area contributed by atoms with Crippen LogP contribution < -0.4 is 9.64 Å². The summed E-state index contributed by atoms with van der Waals surface area (Å²) in [5.41, 5.74) is 3.37. The van der Waals surface area contributed by atoms with E-state index >= 15 is 0 Å². The molecule has 0 fully saturated rings. The number of anilines is 1. The van der Waals surface area contributed by atoms with Crippen molar-refractivity contribution in [2.75, 3.05) is 31.4 Å². The van der Waals surface area contributed by atoms with Crippen molar-refractivity contribution in [1.29, 1.82) is 0 Å². The number of benzene rings is 2. The molecule has 0 aliphatic carbocycles. The molecule has 0 unspecified atom stereocenters. The molecule has 0 spiro atoms. The molecular weight excluding hydrogens is 596 g/mol. The lowest BCUT2D eigenvalue weighted by Crippen LogP contribution is -2.27.